The zero-order chi connectivity index (χ0) is 12.6. The first-order valence-corrected chi connectivity index (χ1v) is 6.73. The Morgan fingerprint density at radius 3 is 2.76 bits per heavy atom. The summed E-state index contributed by atoms with van der Waals surface area (Å²) in [6.45, 7) is 0.470. The Labute approximate surface area is 98.0 Å². The molecule has 1 unspecified atom stereocenters. The number of hydrogen-bond acceptors (Lipinski definition) is 3. The van der Waals surface area contributed by atoms with Crippen LogP contribution in [0.1, 0.15) is 17.2 Å². The number of amides is 1. The predicted molar refractivity (Wildman–Crippen MR) is 61.8 cm³/mol. The van der Waals surface area contributed by atoms with Gasteiger partial charge in [0.15, 0.2) is 0 Å². The molecule has 1 amide bonds. The first-order valence-electron chi connectivity index (χ1n) is 5.12. The first-order chi connectivity index (χ1) is 7.91. The summed E-state index contributed by atoms with van der Waals surface area (Å²) in [6.07, 6.45) is 0.473. The van der Waals surface area contributed by atoms with Gasteiger partial charge < -0.3 is 20.8 Å². The van der Waals surface area contributed by atoms with Gasteiger partial charge in [-0.3, -0.25) is 9.36 Å². The molecule has 0 spiro atoms. The molecule has 0 bridgehead atoms. The average molecular weight is 256 g/mol. The molecular formula is C10H13N2O4P. The Morgan fingerprint density at radius 2 is 2.18 bits per heavy atom. The molecule has 0 radical (unpaired) electrons. The topological polar surface area (TPSA) is 113 Å². The van der Waals surface area contributed by atoms with E-state index >= 15 is 0 Å². The summed E-state index contributed by atoms with van der Waals surface area (Å²) in [5.74, 6) is -0.547. The van der Waals surface area contributed by atoms with Crippen molar-refractivity contribution >= 4 is 18.8 Å². The lowest BCUT2D eigenvalue weighted by atomic mass is 9.94. The maximum atomic E-state index is 11.3. The third-order valence-corrected chi connectivity index (χ3v) is 3.87. The van der Waals surface area contributed by atoms with E-state index in [0.29, 0.717) is 24.1 Å². The van der Waals surface area contributed by atoms with Gasteiger partial charge in [0.25, 0.3) is 0 Å². The number of rotatable bonds is 2. The number of hydrogen-bond donors (Lipinski definition) is 4. The summed E-state index contributed by atoms with van der Waals surface area (Å²) in [6, 6.07) is 3.90. The van der Waals surface area contributed by atoms with Gasteiger partial charge in [-0.05, 0) is 23.6 Å². The number of carbonyl (C=O) groups is 1. The molecular weight excluding hydrogens is 243 g/mol. The molecule has 5 N–H and O–H groups in total. The molecule has 92 valence electrons. The van der Waals surface area contributed by atoms with Crippen LogP contribution in [0.2, 0.25) is 0 Å². The molecule has 1 aliphatic heterocycles. The molecule has 1 atom stereocenters. The quantitative estimate of drug-likeness (QED) is 0.515. The van der Waals surface area contributed by atoms with Crippen LogP contribution in [0.3, 0.4) is 0 Å². The Balaban J connectivity index is 2.59. The van der Waals surface area contributed by atoms with E-state index < -0.39 is 19.5 Å². The molecule has 7 heteroatoms. The number of nitrogens with one attached hydrogen (secondary N) is 1. The molecule has 0 fully saturated rings. The van der Waals surface area contributed by atoms with Crippen molar-refractivity contribution in [3.8, 4) is 0 Å². The largest absolute Gasteiger partial charge is 0.368 e. The minimum Gasteiger partial charge on any atom is -0.368 e. The van der Waals surface area contributed by atoms with Gasteiger partial charge >= 0.3 is 7.60 Å². The molecule has 0 saturated carbocycles. The highest BCUT2D eigenvalue weighted by atomic mass is 31.2. The second-order valence-electron chi connectivity index (χ2n) is 3.93. The fourth-order valence-electron chi connectivity index (χ4n) is 2.11. The first kappa shape index (κ1) is 12.3. The van der Waals surface area contributed by atoms with E-state index in [0.717, 1.165) is 0 Å². The summed E-state index contributed by atoms with van der Waals surface area (Å²) >= 11 is 0. The van der Waals surface area contributed by atoms with Crippen molar-refractivity contribution in [3.05, 3.63) is 29.3 Å². The van der Waals surface area contributed by atoms with Crippen molar-refractivity contribution < 1.29 is 19.1 Å². The third kappa shape index (κ3) is 2.25. The summed E-state index contributed by atoms with van der Waals surface area (Å²) in [4.78, 5) is 29.7. The molecule has 0 saturated heterocycles. The standard InChI is InChI=1S/C10H13N2O4P/c11-10(13)9-7-2-1-3-8(17(14,15)16)6(7)4-5-12-9/h1-3,9,12H,4-5H2,(H2,11,13)(H2,14,15,16). The number of benzene rings is 1. The predicted octanol–water partition coefficient (Wildman–Crippen LogP) is -0.838. The van der Waals surface area contributed by atoms with Gasteiger partial charge in [0.05, 0.1) is 5.30 Å². The van der Waals surface area contributed by atoms with Crippen LogP contribution in [0.4, 0.5) is 0 Å². The van der Waals surface area contributed by atoms with Gasteiger partial charge in [0.1, 0.15) is 6.04 Å². The highest BCUT2D eigenvalue weighted by Gasteiger charge is 2.30. The van der Waals surface area contributed by atoms with Crippen LogP contribution < -0.4 is 16.4 Å². The van der Waals surface area contributed by atoms with Crippen LogP contribution >= 0.6 is 7.60 Å². The lowest BCUT2D eigenvalue weighted by Gasteiger charge is -2.26. The van der Waals surface area contributed by atoms with Crippen molar-refractivity contribution in [2.24, 2.45) is 5.73 Å². The van der Waals surface area contributed by atoms with E-state index in [9.17, 15) is 19.1 Å². The Kier molecular flexibility index (Phi) is 3.05. The van der Waals surface area contributed by atoms with Gasteiger partial charge in [-0.2, -0.15) is 0 Å². The van der Waals surface area contributed by atoms with Crippen LogP contribution in [0.15, 0.2) is 18.2 Å². The normalized spacial score (nSPS) is 19.8. The van der Waals surface area contributed by atoms with Gasteiger partial charge in [0, 0.05) is 6.54 Å². The van der Waals surface area contributed by atoms with Crippen LogP contribution in [0, 0.1) is 0 Å². The van der Waals surface area contributed by atoms with Crippen LogP contribution in [0.25, 0.3) is 0 Å². The lowest BCUT2D eigenvalue weighted by Crippen LogP contribution is -2.40. The van der Waals surface area contributed by atoms with Gasteiger partial charge in [0.2, 0.25) is 5.91 Å². The van der Waals surface area contributed by atoms with E-state index in [4.69, 9.17) is 5.73 Å². The molecule has 2 rings (SSSR count). The maximum absolute atomic E-state index is 11.3. The molecule has 1 heterocycles. The second kappa shape index (κ2) is 4.23. The van der Waals surface area contributed by atoms with E-state index in [2.05, 4.69) is 5.32 Å². The molecule has 0 aromatic heterocycles. The van der Waals surface area contributed by atoms with Crippen molar-refractivity contribution in [1.82, 2.24) is 5.32 Å². The fraction of sp³-hybridized carbons (Fsp3) is 0.300. The molecule has 1 aliphatic rings. The minimum atomic E-state index is -4.32. The monoisotopic (exact) mass is 256 g/mol. The number of primary amides is 1. The van der Waals surface area contributed by atoms with Gasteiger partial charge in [-0.25, -0.2) is 0 Å². The van der Waals surface area contributed by atoms with Crippen LogP contribution in [-0.2, 0) is 15.8 Å². The highest BCUT2D eigenvalue weighted by Crippen LogP contribution is 2.37. The summed E-state index contributed by atoms with van der Waals surface area (Å²) in [7, 11) is -4.32. The number of fused-ring (bicyclic) bond motifs is 1. The molecule has 1 aromatic rings. The van der Waals surface area contributed by atoms with E-state index in [-0.39, 0.29) is 5.30 Å². The number of nitrogens with two attached hydrogens (primary N) is 1. The average Bonchev–Trinajstić information content (AvgIpc) is 2.26. The number of carbonyl (C=O) groups excluding carboxylic acids is 1. The van der Waals surface area contributed by atoms with E-state index in [1.165, 1.54) is 12.1 Å². The zero-order valence-corrected chi connectivity index (χ0v) is 9.85. The minimum absolute atomic E-state index is 0.0113. The summed E-state index contributed by atoms with van der Waals surface area (Å²) < 4.78 is 11.3. The van der Waals surface area contributed by atoms with Gasteiger partial charge in [-0.1, -0.05) is 12.1 Å². The highest BCUT2D eigenvalue weighted by molar-refractivity contribution is 7.60. The van der Waals surface area contributed by atoms with Crippen LogP contribution in [0.5, 0.6) is 0 Å². The smallest absolute Gasteiger partial charge is 0.356 e. The SMILES string of the molecule is NC(=O)C1NCCc2c1cccc2P(=O)(O)O. The van der Waals surface area contributed by atoms with E-state index in [1.807, 2.05) is 0 Å². The van der Waals surface area contributed by atoms with Gasteiger partial charge in [-0.15, -0.1) is 0 Å². The lowest BCUT2D eigenvalue weighted by molar-refractivity contribution is -0.120. The van der Waals surface area contributed by atoms with Crippen molar-refractivity contribution in [1.29, 1.82) is 0 Å². The van der Waals surface area contributed by atoms with Crippen molar-refractivity contribution in [3.63, 3.8) is 0 Å². The van der Waals surface area contributed by atoms with Crippen molar-refractivity contribution in [2.45, 2.75) is 12.5 Å². The third-order valence-electron chi connectivity index (χ3n) is 2.82. The molecule has 1 aromatic carbocycles. The van der Waals surface area contributed by atoms with Crippen molar-refractivity contribution in [2.75, 3.05) is 6.54 Å². The maximum Gasteiger partial charge on any atom is 0.356 e. The van der Waals surface area contributed by atoms with Crippen LogP contribution in [-0.4, -0.2) is 22.2 Å². The Morgan fingerprint density at radius 1 is 1.47 bits per heavy atom. The molecule has 17 heavy (non-hydrogen) atoms. The Hall–Kier alpha value is -1.20. The molecule has 0 aliphatic carbocycles. The second-order valence-corrected chi connectivity index (χ2v) is 5.50. The summed E-state index contributed by atoms with van der Waals surface area (Å²) in [5, 5.41) is 2.91. The zero-order valence-electron chi connectivity index (χ0n) is 8.96. The Bertz CT molecular complexity index is 511. The fourth-order valence-corrected chi connectivity index (χ4v) is 2.99. The molecule has 6 nitrogen and oxygen atoms in total. The van der Waals surface area contributed by atoms with E-state index in [1.54, 1.807) is 6.07 Å². The summed E-state index contributed by atoms with van der Waals surface area (Å²) in [5.41, 5.74) is 6.34.